The minimum atomic E-state index is -0.307. The second kappa shape index (κ2) is 6.50. The predicted octanol–water partition coefficient (Wildman–Crippen LogP) is 4.16. The van der Waals surface area contributed by atoms with E-state index in [0.29, 0.717) is 22.3 Å². The summed E-state index contributed by atoms with van der Waals surface area (Å²) in [6.07, 6.45) is 0. The molecular weight excluding hydrogens is 300 g/mol. The van der Waals surface area contributed by atoms with Gasteiger partial charge in [0, 0.05) is 16.7 Å². The highest BCUT2D eigenvalue weighted by Gasteiger charge is 2.19. The maximum atomic E-state index is 12.7. The third-order valence-electron chi connectivity index (χ3n) is 3.88. The van der Waals surface area contributed by atoms with Crippen LogP contribution in [0.4, 0.5) is 0 Å². The first-order valence-electron chi connectivity index (χ1n) is 7.61. The predicted molar refractivity (Wildman–Crippen MR) is 92.6 cm³/mol. The van der Waals surface area contributed by atoms with E-state index >= 15 is 0 Å². The van der Waals surface area contributed by atoms with Gasteiger partial charge in [-0.3, -0.25) is 9.59 Å². The van der Waals surface area contributed by atoms with Gasteiger partial charge in [-0.2, -0.15) is 0 Å². The molecule has 0 amide bonds. The van der Waals surface area contributed by atoms with Gasteiger partial charge in [0.25, 0.3) is 0 Å². The van der Waals surface area contributed by atoms with Gasteiger partial charge < -0.3 is 5.11 Å². The molecule has 0 saturated heterocycles. The first-order chi connectivity index (χ1) is 11.6. The Hall–Kier alpha value is -3.20. The highest BCUT2D eigenvalue weighted by Crippen LogP contribution is 2.27. The number of carbonyl (C=O) groups is 2. The van der Waals surface area contributed by atoms with Crippen molar-refractivity contribution in [2.45, 2.75) is 6.92 Å². The van der Waals surface area contributed by atoms with Crippen molar-refractivity contribution < 1.29 is 14.7 Å². The normalized spacial score (nSPS) is 10.4. The summed E-state index contributed by atoms with van der Waals surface area (Å²) in [5.74, 6) is -0.576. The highest BCUT2D eigenvalue weighted by atomic mass is 16.3. The maximum Gasteiger partial charge on any atom is 0.196 e. The Morgan fingerprint density at radius 3 is 1.75 bits per heavy atom. The van der Waals surface area contributed by atoms with Crippen LogP contribution in [0, 0.1) is 6.92 Å². The van der Waals surface area contributed by atoms with Gasteiger partial charge in [-0.15, -0.1) is 0 Å². The number of rotatable bonds is 4. The number of hydrogen-bond acceptors (Lipinski definition) is 3. The molecule has 3 aromatic carbocycles. The average Bonchev–Trinajstić information content (AvgIpc) is 2.64. The Morgan fingerprint density at radius 2 is 1.21 bits per heavy atom. The molecule has 0 fully saturated rings. The van der Waals surface area contributed by atoms with Crippen molar-refractivity contribution in [1.82, 2.24) is 0 Å². The van der Waals surface area contributed by atoms with Crippen molar-refractivity contribution in [3.63, 3.8) is 0 Å². The lowest BCUT2D eigenvalue weighted by atomic mass is 9.94. The van der Waals surface area contributed by atoms with Gasteiger partial charge in [-0.25, -0.2) is 0 Å². The van der Waals surface area contributed by atoms with E-state index in [1.165, 1.54) is 6.07 Å². The molecule has 0 aliphatic carbocycles. The lowest BCUT2D eigenvalue weighted by Crippen LogP contribution is -2.07. The van der Waals surface area contributed by atoms with Crippen LogP contribution in [0.2, 0.25) is 0 Å². The molecule has 0 spiro atoms. The number of ketones is 2. The van der Waals surface area contributed by atoms with Crippen LogP contribution in [0.5, 0.6) is 5.75 Å². The summed E-state index contributed by atoms with van der Waals surface area (Å²) >= 11 is 0. The van der Waals surface area contributed by atoms with E-state index in [1.54, 1.807) is 61.5 Å². The molecule has 3 heteroatoms. The molecule has 118 valence electrons. The molecule has 24 heavy (non-hydrogen) atoms. The van der Waals surface area contributed by atoms with Crippen molar-refractivity contribution in [3.05, 3.63) is 101 Å². The van der Waals surface area contributed by atoms with Crippen LogP contribution in [-0.4, -0.2) is 16.7 Å². The number of aryl methyl sites for hydroxylation is 1. The highest BCUT2D eigenvalue weighted by molar-refractivity contribution is 6.14. The van der Waals surface area contributed by atoms with E-state index in [2.05, 4.69) is 0 Å². The van der Waals surface area contributed by atoms with E-state index < -0.39 is 0 Å². The number of phenols is 1. The second-order valence-electron chi connectivity index (χ2n) is 5.58. The summed E-state index contributed by atoms with van der Waals surface area (Å²) in [5.41, 5.74) is 2.03. The molecule has 3 aromatic rings. The fourth-order valence-corrected chi connectivity index (χ4v) is 2.58. The van der Waals surface area contributed by atoms with Gasteiger partial charge >= 0.3 is 0 Å². The topological polar surface area (TPSA) is 54.4 Å². The molecule has 1 N–H and O–H groups in total. The Balaban J connectivity index is 2.07. The van der Waals surface area contributed by atoms with Crippen molar-refractivity contribution in [3.8, 4) is 5.75 Å². The number of phenolic OH excluding ortho intramolecular Hbond substituents is 1. The Labute approximate surface area is 140 Å². The van der Waals surface area contributed by atoms with Crippen LogP contribution in [0.1, 0.15) is 37.4 Å². The molecule has 0 atom stereocenters. The van der Waals surface area contributed by atoms with Gasteiger partial charge in [-0.1, -0.05) is 60.7 Å². The van der Waals surface area contributed by atoms with Crippen LogP contribution in [-0.2, 0) is 0 Å². The third kappa shape index (κ3) is 2.97. The summed E-state index contributed by atoms with van der Waals surface area (Å²) in [4.78, 5) is 25.3. The van der Waals surface area contributed by atoms with Crippen LogP contribution < -0.4 is 0 Å². The number of carbonyl (C=O) groups excluding carboxylic acids is 2. The fourth-order valence-electron chi connectivity index (χ4n) is 2.58. The van der Waals surface area contributed by atoms with Crippen molar-refractivity contribution in [2.75, 3.05) is 0 Å². The van der Waals surface area contributed by atoms with E-state index in [-0.39, 0.29) is 22.9 Å². The molecule has 3 rings (SSSR count). The Bertz CT molecular complexity index is 897. The number of benzene rings is 3. The molecule has 0 bridgehead atoms. The van der Waals surface area contributed by atoms with Crippen molar-refractivity contribution in [2.24, 2.45) is 0 Å². The fraction of sp³-hybridized carbons (Fsp3) is 0.0476. The molecular formula is C21H16O3. The van der Waals surface area contributed by atoms with Crippen LogP contribution >= 0.6 is 0 Å². The molecule has 3 nitrogen and oxygen atoms in total. The lowest BCUT2D eigenvalue weighted by Gasteiger charge is -2.10. The van der Waals surface area contributed by atoms with Gasteiger partial charge in [-0.05, 0) is 24.6 Å². The van der Waals surface area contributed by atoms with Crippen molar-refractivity contribution >= 4 is 11.6 Å². The Morgan fingerprint density at radius 1 is 0.708 bits per heavy atom. The first-order valence-corrected chi connectivity index (χ1v) is 7.61. The van der Waals surface area contributed by atoms with Crippen LogP contribution in [0.15, 0.2) is 72.8 Å². The summed E-state index contributed by atoms with van der Waals surface area (Å²) in [5, 5.41) is 10.3. The number of hydrogen-bond donors (Lipinski definition) is 1. The summed E-state index contributed by atoms with van der Waals surface area (Å²) in [6, 6.07) is 20.6. The smallest absolute Gasteiger partial charge is 0.196 e. The molecule has 0 heterocycles. The zero-order chi connectivity index (χ0) is 17.1. The molecule has 0 saturated carbocycles. The van der Waals surface area contributed by atoms with Crippen LogP contribution in [0.3, 0.4) is 0 Å². The molecule has 0 unspecified atom stereocenters. The van der Waals surface area contributed by atoms with E-state index in [0.717, 1.165) is 0 Å². The molecule has 0 radical (unpaired) electrons. The Kier molecular flexibility index (Phi) is 4.25. The maximum absolute atomic E-state index is 12.7. The second-order valence-corrected chi connectivity index (χ2v) is 5.58. The van der Waals surface area contributed by atoms with Crippen molar-refractivity contribution in [1.29, 1.82) is 0 Å². The van der Waals surface area contributed by atoms with Gasteiger partial charge in [0.15, 0.2) is 11.6 Å². The van der Waals surface area contributed by atoms with E-state index in [9.17, 15) is 14.7 Å². The third-order valence-corrected chi connectivity index (χ3v) is 3.88. The summed E-state index contributed by atoms with van der Waals surface area (Å²) < 4.78 is 0. The standard InChI is InChI=1S/C21H16O3/c1-14-12-17(20(23)15-8-4-2-5-9-15)13-18(19(14)22)21(24)16-10-6-3-7-11-16/h2-13,22H,1H3. The largest absolute Gasteiger partial charge is 0.507 e. The van der Waals surface area contributed by atoms with Gasteiger partial charge in [0.2, 0.25) is 0 Å². The van der Waals surface area contributed by atoms with E-state index in [1.807, 2.05) is 12.1 Å². The van der Waals surface area contributed by atoms with E-state index in [4.69, 9.17) is 0 Å². The number of aromatic hydroxyl groups is 1. The molecule has 0 aromatic heterocycles. The monoisotopic (exact) mass is 316 g/mol. The minimum absolute atomic E-state index is 0.0894. The molecule has 0 aliphatic heterocycles. The first kappa shape index (κ1) is 15.7. The molecule has 0 aliphatic rings. The summed E-state index contributed by atoms with van der Waals surface area (Å²) in [7, 11) is 0. The lowest BCUT2D eigenvalue weighted by molar-refractivity contribution is 0.103. The minimum Gasteiger partial charge on any atom is -0.507 e. The quantitative estimate of drug-likeness (QED) is 0.735. The average molecular weight is 316 g/mol. The van der Waals surface area contributed by atoms with Gasteiger partial charge in [0.05, 0.1) is 5.56 Å². The SMILES string of the molecule is Cc1cc(C(=O)c2ccccc2)cc(C(=O)c2ccccc2)c1O. The zero-order valence-corrected chi connectivity index (χ0v) is 13.2. The van der Waals surface area contributed by atoms with Crippen LogP contribution in [0.25, 0.3) is 0 Å². The summed E-state index contributed by atoms with van der Waals surface area (Å²) in [6.45, 7) is 1.68. The van der Waals surface area contributed by atoms with Gasteiger partial charge in [0.1, 0.15) is 5.75 Å². The zero-order valence-electron chi connectivity index (χ0n) is 13.2.